The van der Waals surface area contributed by atoms with E-state index >= 15 is 0 Å². The largest absolute Gasteiger partial charge is 0.497 e. The van der Waals surface area contributed by atoms with Crippen LogP contribution in [0.2, 0.25) is 0 Å². The van der Waals surface area contributed by atoms with E-state index in [0.717, 1.165) is 35.4 Å². The lowest BCUT2D eigenvalue weighted by atomic mass is 10.1. The van der Waals surface area contributed by atoms with Crippen molar-refractivity contribution in [2.45, 2.75) is 37.5 Å². The van der Waals surface area contributed by atoms with Crippen LogP contribution < -0.4 is 4.74 Å². The van der Waals surface area contributed by atoms with Gasteiger partial charge in [0.2, 0.25) is 0 Å². The van der Waals surface area contributed by atoms with E-state index in [9.17, 15) is 0 Å². The Morgan fingerprint density at radius 1 is 1.47 bits per heavy atom. The Morgan fingerprint density at radius 3 is 2.88 bits per heavy atom. The van der Waals surface area contributed by atoms with E-state index in [1.165, 1.54) is 18.4 Å². The minimum absolute atomic E-state index is 0.388. The summed E-state index contributed by atoms with van der Waals surface area (Å²) in [5.41, 5.74) is 1.31. The van der Waals surface area contributed by atoms with Crippen LogP contribution in [0.1, 0.15) is 31.2 Å². The van der Waals surface area contributed by atoms with Crippen LogP contribution in [0.3, 0.4) is 0 Å². The van der Waals surface area contributed by atoms with Gasteiger partial charge in [0.25, 0.3) is 0 Å². The number of alkyl halides is 1. The van der Waals surface area contributed by atoms with E-state index in [4.69, 9.17) is 16.3 Å². The molecule has 17 heavy (non-hydrogen) atoms. The molecule has 1 fully saturated rings. The van der Waals surface area contributed by atoms with Gasteiger partial charge >= 0.3 is 0 Å². The zero-order valence-electron chi connectivity index (χ0n) is 10.1. The van der Waals surface area contributed by atoms with E-state index in [2.05, 4.69) is 22.0 Å². The highest BCUT2D eigenvalue weighted by Crippen LogP contribution is 2.38. The number of benzene rings is 1. The third-order valence-corrected chi connectivity index (χ3v) is 4.66. The van der Waals surface area contributed by atoms with Gasteiger partial charge in [-0.25, -0.2) is 0 Å². The smallest absolute Gasteiger partial charge is 0.119 e. The first kappa shape index (κ1) is 13.2. The molecule has 1 atom stereocenters. The van der Waals surface area contributed by atoms with E-state index in [0.29, 0.717) is 5.38 Å². The van der Waals surface area contributed by atoms with Crippen LogP contribution in [0.4, 0.5) is 0 Å². The van der Waals surface area contributed by atoms with Gasteiger partial charge in [-0.15, -0.1) is 11.6 Å². The predicted molar refractivity (Wildman–Crippen MR) is 76.0 cm³/mol. The van der Waals surface area contributed by atoms with Crippen LogP contribution in [0.5, 0.6) is 5.75 Å². The molecule has 1 aromatic carbocycles. The molecule has 0 radical (unpaired) electrons. The van der Waals surface area contributed by atoms with Crippen molar-refractivity contribution >= 4 is 27.5 Å². The molecule has 2 rings (SSSR count). The molecule has 0 amide bonds. The molecule has 1 aliphatic carbocycles. The Labute approximate surface area is 117 Å². The number of rotatable bonds is 6. The molecule has 0 spiro atoms. The fourth-order valence-electron chi connectivity index (χ4n) is 2.05. The summed E-state index contributed by atoms with van der Waals surface area (Å²) in [5, 5.41) is 0.388. The van der Waals surface area contributed by atoms with Crippen molar-refractivity contribution < 1.29 is 4.74 Å². The van der Waals surface area contributed by atoms with Crippen molar-refractivity contribution in [3.05, 3.63) is 28.2 Å². The number of ether oxygens (including phenoxy) is 1. The minimum atomic E-state index is 0.388. The van der Waals surface area contributed by atoms with Gasteiger partial charge in [-0.2, -0.15) is 0 Å². The molecule has 1 aromatic rings. The third-order valence-electron chi connectivity index (χ3n) is 3.31. The Hall–Kier alpha value is -0.210. The fraction of sp³-hybridized carbons (Fsp3) is 0.571. The van der Waals surface area contributed by atoms with E-state index < -0.39 is 0 Å². The Balaban J connectivity index is 1.84. The zero-order valence-corrected chi connectivity index (χ0v) is 12.4. The normalized spacial score (nSPS) is 16.9. The summed E-state index contributed by atoms with van der Waals surface area (Å²) in [6.45, 7) is 0. The Morgan fingerprint density at radius 2 is 2.24 bits per heavy atom. The van der Waals surface area contributed by atoms with Gasteiger partial charge in [0.1, 0.15) is 5.75 Å². The summed E-state index contributed by atoms with van der Waals surface area (Å²) in [6.07, 6.45) is 5.99. The number of halogens is 2. The molecule has 1 aliphatic rings. The molecular formula is C14H18BrClO. The zero-order chi connectivity index (χ0) is 12.3. The molecule has 1 saturated carbocycles. The molecule has 1 unspecified atom stereocenters. The predicted octanol–water partition coefficient (Wildman–Crippen LogP) is 4.80. The minimum Gasteiger partial charge on any atom is -0.497 e. The molecule has 94 valence electrons. The van der Waals surface area contributed by atoms with Gasteiger partial charge in [0.05, 0.1) is 7.11 Å². The van der Waals surface area contributed by atoms with Crippen molar-refractivity contribution in [2.75, 3.05) is 7.11 Å². The molecule has 0 aliphatic heterocycles. The number of hydrogen-bond acceptors (Lipinski definition) is 1. The van der Waals surface area contributed by atoms with Crippen molar-refractivity contribution in [3.63, 3.8) is 0 Å². The molecule has 1 nitrogen and oxygen atoms in total. The van der Waals surface area contributed by atoms with Crippen LogP contribution in [0.15, 0.2) is 22.7 Å². The quantitative estimate of drug-likeness (QED) is 0.685. The Kier molecular flexibility index (Phi) is 4.75. The number of aryl methyl sites for hydroxylation is 1. The highest BCUT2D eigenvalue weighted by molar-refractivity contribution is 9.10. The number of hydrogen-bond donors (Lipinski definition) is 0. The van der Waals surface area contributed by atoms with Crippen LogP contribution in [0, 0.1) is 5.92 Å². The van der Waals surface area contributed by atoms with E-state index in [1.54, 1.807) is 7.11 Å². The van der Waals surface area contributed by atoms with Gasteiger partial charge in [-0.3, -0.25) is 0 Å². The molecule has 0 aromatic heterocycles. The lowest BCUT2D eigenvalue weighted by Crippen LogP contribution is -2.02. The monoisotopic (exact) mass is 316 g/mol. The van der Waals surface area contributed by atoms with E-state index in [1.807, 2.05) is 12.1 Å². The first-order valence-electron chi connectivity index (χ1n) is 6.17. The van der Waals surface area contributed by atoms with Gasteiger partial charge in [-0.05, 0) is 61.8 Å². The van der Waals surface area contributed by atoms with E-state index in [-0.39, 0.29) is 0 Å². The third kappa shape index (κ3) is 3.89. The molecular weight excluding hydrogens is 300 g/mol. The second-order valence-electron chi connectivity index (χ2n) is 4.70. The molecule has 0 N–H and O–H groups in total. The lowest BCUT2D eigenvalue weighted by Gasteiger charge is -2.09. The second kappa shape index (κ2) is 6.10. The maximum Gasteiger partial charge on any atom is 0.119 e. The summed E-state index contributed by atoms with van der Waals surface area (Å²) in [7, 11) is 1.70. The van der Waals surface area contributed by atoms with Crippen molar-refractivity contribution in [1.82, 2.24) is 0 Å². The summed E-state index contributed by atoms with van der Waals surface area (Å²) >= 11 is 9.89. The van der Waals surface area contributed by atoms with Crippen LogP contribution >= 0.6 is 27.5 Å². The lowest BCUT2D eigenvalue weighted by molar-refractivity contribution is 0.414. The van der Waals surface area contributed by atoms with Crippen LogP contribution in [0.25, 0.3) is 0 Å². The first-order valence-corrected chi connectivity index (χ1v) is 7.40. The second-order valence-corrected chi connectivity index (χ2v) is 6.12. The highest BCUT2D eigenvalue weighted by Gasteiger charge is 2.28. The standard InChI is InChI=1S/C14H18BrClO/c1-17-12-7-8-13(15)11(9-12)3-2-4-14(16)10-5-6-10/h7-10,14H,2-6H2,1H3. The average Bonchev–Trinajstić information content (AvgIpc) is 3.15. The molecule has 3 heteroatoms. The van der Waals surface area contributed by atoms with Crippen LogP contribution in [-0.2, 0) is 6.42 Å². The van der Waals surface area contributed by atoms with Crippen molar-refractivity contribution in [1.29, 1.82) is 0 Å². The average molecular weight is 318 g/mol. The van der Waals surface area contributed by atoms with Gasteiger partial charge in [0.15, 0.2) is 0 Å². The Bertz CT molecular complexity index is 376. The maximum atomic E-state index is 6.31. The summed E-state index contributed by atoms with van der Waals surface area (Å²) in [5.74, 6) is 1.72. The topological polar surface area (TPSA) is 9.23 Å². The number of methoxy groups -OCH3 is 1. The van der Waals surface area contributed by atoms with Gasteiger partial charge in [0, 0.05) is 9.85 Å². The van der Waals surface area contributed by atoms with Gasteiger partial charge < -0.3 is 4.74 Å². The fourth-order valence-corrected chi connectivity index (χ4v) is 2.90. The molecule has 0 bridgehead atoms. The maximum absolute atomic E-state index is 6.31. The van der Waals surface area contributed by atoms with Gasteiger partial charge in [-0.1, -0.05) is 15.9 Å². The highest BCUT2D eigenvalue weighted by atomic mass is 79.9. The molecule has 0 heterocycles. The SMILES string of the molecule is COc1ccc(Br)c(CCCC(Cl)C2CC2)c1. The van der Waals surface area contributed by atoms with Crippen LogP contribution in [-0.4, -0.2) is 12.5 Å². The van der Waals surface area contributed by atoms with Crippen molar-refractivity contribution in [3.8, 4) is 5.75 Å². The summed E-state index contributed by atoms with van der Waals surface area (Å²) in [6, 6.07) is 6.12. The van der Waals surface area contributed by atoms with Crippen molar-refractivity contribution in [2.24, 2.45) is 5.92 Å². The molecule has 0 saturated heterocycles. The summed E-state index contributed by atoms with van der Waals surface area (Å²) in [4.78, 5) is 0. The first-order chi connectivity index (χ1) is 8.20. The summed E-state index contributed by atoms with van der Waals surface area (Å²) < 4.78 is 6.40.